The van der Waals surface area contributed by atoms with Crippen LogP contribution in [0.15, 0.2) is 18.2 Å². The van der Waals surface area contributed by atoms with Crippen LogP contribution in [0.5, 0.6) is 0 Å². The maximum absolute atomic E-state index is 12.4. The van der Waals surface area contributed by atoms with Crippen LogP contribution in [0, 0.1) is 10.1 Å². The summed E-state index contributed by atoms with van der Waals surface area (Å²) in [6.45, 7) is 1.10. The van der Waals surface area contributed by atoms with Crippen molar-refractivity contribution in [3.8, 4) is 0 Å². The number of nitro benzene ring substituents is 1. The molecule has 0 bridgehead atoms. The molecule has 0 aliphatic carbocycles. The largest absolute Gasteiger partial charge is 0.416 e. The molecule has 1 rings (SSSR count). The Bertz CT molecular complexity index is 502. The van der Waals surface area contributed by atoms with Crippen LogP contribution in [0.3, 0.4) is 0 Å². The number of rotatable bonds is 3. The highest BCUT2D eigenvalue weighted by Gasteiger charge is 2.34. The van der Waals surface area contributed by atoms with Crippen LogP contribution < -0.4 is 0 Å². The molecular formula is C10H7ClF3NO3. The standard InChI is InChI=1S/C10H7ClF3NO3/c1-5(16)9(11)7-3-2-6(10(12,13)14)4-8(7)15(17)18/h2-4,9H,1H3. The van der Waals surface area contributed by atoms with E-state index >= 15 is 0 Å². The number of Topliss-reactive ketones (excluding diaryl/α,β-unsaturated/α-hetero) is 1. The fourth-order valence-electron chi connectivity index (χ4n) is 1.31. The van der Waals surface area contributed by atoms with Gasteiger partial charge in [0.05, 0.1) is 16.1 Å². The molecule has 0 saturated carbocycles. The number of benzene rings is 1. The molecule has 0 radical (unpaired) electrons. The van der Waals surface area contributed by atoms with Gasteiger partial charge in [0, 0.05) is 6.07 Å². The minimum atomic E-state index is -4.69. The number of hydrogen-bond acceptors (Lipinski definition) is 3. The minimum Gasteiger partial charge on any atom is -0.298 e. The first-order valence-corrected chi connectivity index (χ1v) is 5.08. The van der Waals surface area contributed by atoms with Crippen molar-refractivity contribution >= 4 is 23.1 Å². The Morgan fingerprint density at radius 2 is 2.00 bits per heavy atom. The first-order chi connectivity index (χ1) is 8.14. The molecule has 0 spiro atoms. The van der Waals surface area contributed by atoms with Gasteiger partial charge in [0.15, 0.2) is 5.78 Å². The maximum Gasteiger partial charge on any atom is 0.416 e. The molecule has 0 amide bonds. The molecule has 18 heavy (non-hydrogen) atoms. The lowest BCUT2D eigenvalue weighted by Gasteiger charge is -2.10. The fraction of sp³-hybridized carbons (Fsp3) is 0.300. The summed E-state index contributed by atoms with van der Waals surface area (Å²) < 4.78 is 37.2. The molecule has 0 N–H and O–H groups in total. The van der Waals surface area contributed by atoms with Crippen LogP contribution in [0.1, 0.15) is 23.4 Å². The third kappa shape index (κ3) is 2.98. The van der Waals surface area contributed by atoms with Crippen LogP contribution in [-0.2, 0) is 11.0 Å². The van der Waals surface area contributed by atoms with Crippen molar-refractivity contribution in [3.05, 3.63) is 39.4 Å². The molecule has 1 unspecified atom stereocenters. The highest BCUT2D eigenvalue weighted by atomic mass is 35.5. The Morgan fingerprint density at radius 1 is 1.44 bits per heavy atom. The van der Waals surface area contributed by atoms with Gasteiger partial charge in [-0.05, 0) is 19.1 Å². The van der Waals surface area contributed by atoms with Crippen molar-refractivity contribution in [2.45, 2.75) is 18.5 Å². The molecule has 4 nitrogen and oxygen atoms in total. The van der Waals surface area contributed by atoms with Crippen LogP contribution in [0.4, 0.5) is 18.9 Å². The molecule has 0 aliphatic rings. The monoisotopic (exact) mass is 281 g/mol. The molecule has 0 aromatic heterocycles. The zero-order valence-corrected chi connectivity index (χ0v) is 9.75. The van der Waals surface area contributed by atoms with E-state index in [9.17, 15) is 28.1 Å². The predicted molar refractivity (Wildman–Crippen MR) is 57.4 cm³/mol. The first kappa shape index (κ1) is 14.4. The van der Waals surface area contributed by atoms with E-state index in [1.54, 1.807) is 0 Å². The van der Waals surface area contributed by atoms with Gasteiger partial charge in [-0.1, -0.05) is 0 Å². The van der Waals surface area contributed by atoms with Gasteiger partial charge >= 0.3 is 6.18 Å². The number of carbonyl (C=O) groups is 1. The van der Waals surface area contributed by atoms with Crippen LogP contribution in [-0.4, -0.2) is 10.7 Å². The fourth-order valence-corrected chi connectivity index (χ4v) is 1.50. The smallest absolute Gasteiger partial charge is 0.298 e. The molecule has 1 atom stereocenters. The van der Waals surface area contributed by atoms with E-state index in [2.05, 4.69) is 0 Å². The van der Waals surface area contributed by atoms with Gasteiger partial charge in [0.25, 0.3) is 5.69 Å². The van der Waals surface area contributed by atoms with Crippen molar-refractivity contribution in [1.82, 2.24) is 0 Å². The first-order valence-electron chi connectivity index (χ1n) is 4.64. The minimum absolute atomic E-state index is 0.248. The lowest BCUT2D eigenvalue weighted by atomic mass is 10.0. The highest BCUT2D eigenvalue weighted by Crippen LogP contribution is 2.36. The number of nitro groups is 1. The summed E-state index contributed by atoms with van der Waals surface area (Å²) in [4.78, 5) is 20.7. The summed E-state index contributed by atoms with van der Waals surface area (Å²) in [5.41, 5.74) is -2.23. The Hall–Kier alpha value is -1.63. The SMILES string of the molecule is CC(=O)C(Cl)c1ccc(C(F)(F)F)cc1[N+](=O)[O-]. The Balaban J connectivity index is 3.39. The summed E-state index contributed by atoms with van der Waals surface area (Å²) in [5.74, 6) is -0.584. The average Bonchev–Trinajstić information content (AvgIpc) is 2.25. The van der Waals surface area contributed by atoms with Crippen molar-refractivity contribution < 1.29 is 22.9 Å². The molecule has 8 heteroatoms. The predicted octanol–water partition coefficient (Wildman–Crippen LogP) is 3.48. The van der Waals surface area contributed by atoms with Crippen LogP contribution >= 0.6 is 11.6 Å². The summed E-state index contributed by atoms with van der Waals surface area (Å²) in [6, 6.07) is 1.87. The van der Waals surface area contributed by atoms with E-state index < -0.39 is 33.5 Å². The number of ketones is 1. The zero-order valence-electron chi connectivity index (χ0n) is 8.99. The molecular weight excluding hydrogens is 275 g/mol. The number of carbonyl (C=O) groups excluding carboxylic acids is 1. The van der Waals surface area contributed by atoms with E-state index in [0.717, 1.165) is 13.0 Å². The second kappa shape index (κ2) is 4.93. The van der Waals surface area contributed by atoms with E-state index in [1.165, 1.54) is 0 Å². The maximum atomic E-state index is 12.4. The average molecular weight is 282 g/mol. The van der Waals surface area contributed by atoms with Crippen molar-refractivity contribution in [3.63, 3.8) is 0 Å². The van der Waals surface area contributed by atoms with E-state index in [1.807, 2.05) is 0 Å². The molecule has 98 valence electrons. The topological polar surface area (TPSA) is 60.2 Å². The van der Waals surface area contributed by atoms with Crippen molar-refractivity contribution in [2.24, 2.45) is 0 Å². The summed E-state index contributed by atoms with van der Waals surface area (Å²) in [5, 5.41) is 9.36. The lowest BCUT2D eigenvalue weighted by Crippen LogP contribution is -2.09. The van der Waals surface area contributed by atoms with Gasteiger partial charge in [-0.15, -0.1) is 11.6 Å². The number of halogens is 4. The van der Waals surface area contributed by atoms with E-state index in [0.29, 0.717) is 12.1 Å². The van der Waals surface area contributed by atoms with Gasteiger partial charge < -0.3 is 0 Å². The molecule has 0 heterocycles. The Labute approximate surface area is 105 Å². The van der Waals surface area contributed by atoms with Gasteiger partial charge in [-0.25, -0.2) is 0 Å². The molecule has 0 fully saturated rings. The summed E-state index contributed by atoms with van der Waals surface area (Å²) in [7, 11) is 0. The molecule has 1 aromatic rings. The molecule has 1 aromatic carbocycles. The van der Waals surface area contributed by atoms with Gasteiger partial charge in [0.2, 0.25) is 0 Å². The van der Waals surface area contributed by atoms with Crippen LogP contribution in [0.2, 0.25) is 0 Å². The second-order valence-corrected chi connectivity index (χ2v) is 3.94. The third-order valence-corrected chi connectivity index (χ3v) is 2.73. The molecule has 0 aliphatic heterocycles. The highest BCUT2D eigenvalue weighted by molar-refractivity contribution is 6.31. The summed E-state index contributed by atoms with van der Waals surface area (Å²) >= 11 is 5.62. The van der Waals surface area contributed by atoms with Gasteiger partial charge in [-0.3, -0.25) is 14.9 Å². The van der Waals surface area contributed by atoms with E-state index in [4.69, 9.17) is 11.6 Å². The van der Waals surface area contributed by atoms with Crippen molar-refractivity contribution in [2.75, 3.05) is 0 Å². The molecule has 0 saturated heterocycles. The Morgan fingerprint density at radius 3 is 2.39 bits per heavy atom. The third-order valence-electron chi connectivity index (χ3n) is 2.18. The normalized spacial score (nSPS) is 13.2. The van der Waals surface area contributed by atoms with Crippen LogP contribution in [0.25, 0.3) is 0 Å². The van der Waals surface area contributed by atoms with Gasteiger partial charge in [-0.2, -0.15) is 13.2 Å². The number of nitrogens with zero attached hydrogens (tertiary/aromatic N) is 1. The van der Waals surface area contributed by atoms with Crippen molar-refractivity contribution in [1.29, 1.82) is 0 Å². The summed E-state index contributed by atoms with van der Waals surface area (Å²) in [6.07, 6.45) is -4.69. The second-order valence-electron chi connectivity index (χ2n) is 3.50. The van der Waals surface area contributed by atoms with E-state index in [-0.39, 0.29) is 5.56 Å². The lowest BCUT2D eigenvalue weighted by molar-refractivity contribution is -0.385. The zero-order chi connectivity index (χ0) is 14.1. The number of hydrogen-bond donors (Lipinski definition) is 0. The quantitative estimate of drug-likeness (QED) is 0.484. The number of alkyl halides is 4. The Kier molecular flexibility index (Phi) is 3.95. The van der Waals surface area contributed by atoms with Gasteiger partial charge in [0.1, 0.15) is 5.38 Å².